The number of carbonyl (C=O) groups excluding carboxylic acids is 1. The maximum atomic E-state index is 12.1. The fraction of sp³-hybridized carbons (Fsp3) is 0.433. The summed E-state index contributed by atoms with van der Waals surface area (Å²) in [6.45, 7) is 10.9. The SMILES string of the molecule is COC(=O)Cc1cc(C)c(B2OC(C)(C)C(C)(C)O2)cc1OCCCc1cnccc1COc1cccc(Br)n1. The Morgan fingerprint density at radius 2 is 1.77 bits per heavy atom. The second-order valence-electron chi connectivity index (χ2n) is 10.8. The highest BCUT2D eigenvalue weighted by Gasteiger charge is 2.52. The number of rotatable bonds is 11. The van der Waals surface area contributed by atoms with Crippen molar-refractivity contribution in [3.63, 3.8) is 0 Å². The summed E-state index contributed by atoms with van der Waals surface area (Å²) in [6.07, 6.45) is 5.23. The van der Waals surface area contributed by atoms with Crippen LogP contribution in [0.15, 0.2) is 53.4 Å². The lowest BCUT2D eigenvalue weighted by Crippen LogP contribution is -2.41. The van der Waals surface area contributed by atoms with E-state index in [1.807, 2.05) is 77.2 Å². The van der Waals surface area contributed by atoms with Gasteiger partial charge < -0.3 is 23.5 Å². The largest absolute Gasteiger partial charge is 0.495 e. The van der Waals surface area contributed by atoms with Crippen LogP contribution in [0.4, 0.5) is 0 Å². The molecule has 0 N–H and O–H groups in total. The number of ether oxygens (including phenoxy) is 3. The van der Waals surface area contributed by atoms with Crippen molar-refractivity contribution in [1.82, 2.24) is 9.97 Å². The van der Waals surface area contributed by atoms with Crippen LogP contribution in [-0.4, -0.2) is 48.0 Å². The molecule has 0 saturated carbocycles. The molecular weight excluding hydrogens is 575 g/mol. The number of esters is 1. The van der Waals surface area contributed by atoms with Crippen LogP contribution in [0, 0.1) is 6.92 Å². The number of aryl methyl sites for hydroxylation is 2. The maximum Gasteiger partial charge on any atom is 0.495 e. The third-order valence-electron chi connectivity index (χ3n) is 7.44. The van der Waals surface area contributed by atoms with Gasteiger partial charge in [0.05, 0.1) is 31.3 Å². The molecule has 1 saturated heterocycles. The van der Waals surface area contributed by atoms with E-state index in [-0.39, 0.29) is 12.4 Å². The number of nitrogens with zero attached hydrogens (tertiary/aromatic N) is 2. The molecule has 1 aliphatic heterocycles. The van der Waals surface area contributed by atoms with Gasteiger partial charge in [-0.15, -0.1) is 0 Å². The Labute approximate surface area is 245 Å². The van der Waals surface area contributed by atoms with Crippen LogP contribution in [0.25, 0.3) is 0 Å². The van der Waals surface area contributed by atoms with Gasteiger partial charge in [-0.2, -0.15) is 0 Å². The molecule has 0 unspecified atom stereocenters. The fourth-order valence-electron chi connectivity index (χ4n) is 4.38. The minimum absolute atomic E-state index is 0.115. The molecule has 3 aromatic rings. The third kappa shape index (κ3) is 7.22. The molecule has 0 bridgehead atoms. The molecule has 8 nitrogen and oxygen atoms in total. The molecule has 0 amide bonds. The van der Waals surface area contributed by atoms with Crippen LogP contribution >= 0.6 is 15.9 Å². The van der Waals surface area contributed by atoms with Crippen LogP contribution in [0.5, 0.6) is 11.6 Å². The van der Waals surface area contributed by atoms with Gasteiger partial charge in [-0.3, -0.25) is 9.78 Å². The van der Waals surface area contributed by atoms with Crippen molar-refractivity contribution in [1.29, 1.82) is 0 Å². The number of methoxy groups -OCH3 is 1. The molecule has 1 aliphatic rings. The lowest BCUT2D eigenvalue weighted by atomic mass is 9.75. The lowest BCUT2D eigenvalue weighted by Gasteiger charge is -2.32. The van der Waals surface area contributed by atoms with E-state index >= 15 is 0 Å². The highest BCUT2D eigenvalue weighted by molar-refractivity contribution is 9.10. The Kier molecular flexibility index (Phi) is 9.54. The highest BCUT2D eigenvalue weighted by Crippen LogP contribution is 2.37. The molecule has 212 valence electrons. The Morgan fingerprint density at radius 3 is 2.48 bits per heavy atom. The van der Waals surface area contributed by atoms with Crippen LogP contribution in [0.1, 0.15) is 56.4 Å². The summed E-state index contributed by atoms with van der Waals surface area (Å²) in [5.74, 6) is 0.847. The molecule has 0 spiro atoms. The molecule has 10 heteroatoms. The first-order valence-electron chi connectivity index (χ1n) is 13.3. The Balaban J connectivity index is 1.44. The van der Waals surface area contributed by atoms with Crippen molar-refractivity contribution in [2.75, 3.05) is 13.7 Å². The summed E-state index contributed by atoms with van der Waals surface area (Å²) < 4.78 is 30.4. The van der Waals surface area contributed by atoms with Gasteiger partial charge in [0.25, 0.3) is 0 Å². The number of pyridine rings is 2. The summed E-state index contributed by atoms with van der Waals surface area (Å²) in [5.41, 5.74) is 3.81. The van der Waals surface area contributed by atoms with Crippen molar-refractivity contribution in [2.45, 2.75) is 71.7 Å². The van der Waals surface area contributed by atoms with Crippen molar-refractivity contribution >= 4 is 34.5 Å². The third-order valence-corrected chi connectivity index (χ3v) is 7.88. The number of hydrogen-bond donors (Lipinski definition) is 0. The van der Waals surface area contributed by atoms with Gasteiger partial charge in [0.1, 0.15) is 17.0 Å². The monoisotopic (exact) mass is 610 g/mol. The second-order valence-corrected chi connectivity index (χ2v) is 11.7. The van der Waals surface area contributed by atoms with Crippen molar-refractivity contribution in [3.05, 3.63) is 75.6 Å². The van der Waals surface area contributed by atoms with Gasteiger partial charge in [-0.05, 0) is 98.2 Å². The molecule has 0 aliphatic carbocycles. The van der Waals surface area contributed by atoms with E-state index in [0.29, 0.717) is 24.8 Å². The standard InChI is InChI=1S/C30H36BBrN2O6/c1-20-15-23(16-28(35)36-6)25(17-24(20)31-39-29(2,3)30(4,5)40-31)37-14-8-9-21-18-33-13-12-22(21)19-38-27-11-7-10-26(32)34-27/h7,10-13,15,17-18H,8-9,14,16,19H2,1-6H3. The Bertz CT molecular complexity index is 1330. The predicted octanol–water partition coefficient (Wildman–Crippen LogP) is 5.15. The van der Waals surface area contributed by atoms with Crippen LogP contribution in [-0.2, 0) is 38.3 Å². The van der Waals surface area contributed by atoms with Crippen LogP contribution in [0.3, 0.4) is 0 Å². The van der Waals surface area contributed by atoms with Crippen molar-refractivity contribution in [2.24, 2.45) is 0 Å². The Hall–Kier alpha value is -2.95. The van der Waals surface area contributed by atoms with E-state index in [9.17, 15) is 4.79 Å². The van der Waals surface area contributed by atoms with Gasteiger partial charge in [0.15, 0.2) is 0 Å². The molecule has 2 aromatic heterocycles. The fourth-order valence-corrected chi connectivity index (χ4v) is 4.70. The summed E-state index contributed by atoms with van der Waals surface area (Å²) in [7, 11) is 0.855. The quantitative estimate of drug-likeness (QED) is 0.127. The maximum absolute atomic E-state index is 12.1. The first-order valence-corrected chi connectivity index (χ1v) is 14.1. The van der Waals surface area contributed by atoms with E-state index in [1.165, 1.54) is 7.11 Å². The summed E-state index contributed by atoms with van der Waals surface area (Å²) in [6, 6.07) is 11.4. The molecule has 0 atom stereocenters. The Morgan fingerprint density at radius 1 is 1.02 bits per heavy atom. The number of carbonyl (C=O) groups is 1. The zero-order chi connectivity index (χ0) is 28.9. The van der Waals surface area contributed by atoms with Gasteiger partial charge in [-0.1, -0.05) is 17.7 Å². The van der Waals surface area contributed by atoms with Gasteiger partial charge >= 0.3 is 13.1 Å². The molecule has 3 heterocycles. The summed E-state index contributed by atoms with van der Waals surface area (Å²) in [5, 5.41) is 0. The minimum atomic E-state index is -0.530. The predicted molar refractivity (Wildman–Crippen MR) is 157 cm³/mol. The van der Waals surface area contributed by atoms with Crippen molar-refractivity contribution < 1.29 is 28.3 Å². The first-order chi connectivity index (χ1) is 19.0. The van der Waals surface area contributed by atoms with E-state index in [0.717, 1.165) is 45.2 Å². The zero-order valence-electron chi connectivity index (χ0n) is 24.0. The molecule has 40 heavy (non-hydrogen) atoms. The first kappa shape index (κ1) is 30.0. The molecular formula is C30H36BBrN2O6. The van der Waals surface area contributed by atoms with Crippen molar-refractivity contribution in [3.8, 4) is 11.6 Å². The molecule has 1 aromatic carbocycles. The average molecular weight is 611 g/mol. The normalized spacial score (nSPS) is 15.6. The number of hydrogen-bond acceptors (Lipinski definition) is 8. The number of aromatic nitrogens is 2. The summed E-state index contributed by atoms with van der Waals surface area (Å²) in [4.78, 5) is 20.8. The average Bonchev–Trinajstić information content (AvgIpc) is 3.13. The topological polar surface area (TPSA) is 89.0 Å². The van der Waals surface area contributed by atoms with Crippen LogP contribution in [0.2, 0.25) is 0 Å². The van der Waals surface area contributed by atoms with E-state index in [4.69, 9.17) is 23.5 Å². The molecule has 0 radical (unpaired) electrons. The minimum Gasteiger partial charge on any atom is -0.493 e. The smallest absolute Gasteiger partial charge is 0.493 e. The van der Waals surface area contributed by atoms with E-state index < -0.39 is 18.3 Å². The number of benzene rings is 1. The lowest BCUT2D eigenvalue weighted by molar-refractivity contribution is -0.139. The second kappa shape index (κ2) is 12.7. The summed E-state index contributed by atoms with van der Waals surface area (Å²) >= 11 is 3.37. The molecule has 1 fully saturated rings. The van der Waals surface area contributed by atoms with Crippen LogP contribution < -0.4 is 14.9 Å². The number of halogens is 1. The zero-order valence-corrected chi connectivity index (χ0v) is 25.5. The van der Waals surface area contributed by atoms with Gasteiger partial charge in [0.2, 0.25) is 5.88 Å². The van der Waals surface area contributed by atoms with E-state index in [1.54, 1.807) is 6.20 Å². The van der Waals surface area contributed by atoms with Gasteiger partial charge in [0, 0.05) is 24.0 Å². The van der Waals surface area contributed by atoms with E-state index in [2.05, 4.69) is 25.9 Å². The highest BCUT2D eigenvalue weighted by atomic mass is 79.9. The molecule has 4 rings (SSSR count). The van der Waals surface area contributed by atoms with Gasteiger partial charge in [-0.25, -0.2) is 4.98 Å².